The lowest BCUT2D eigenvalue weighted by Crippen LogP contribution is -2.26. The first kappa shape index (κ1) is 16.2. The molecule has 5 heteroatoms. The highest BCUT2D eigenvalue weighted by molar-refractivity contribution is 5.95. The zero-order valence-corrected chi connectivity index (χ0v) is 11.8. The molecular weight excluding hydrogens is 256 g/mol. The number of nitrogens with one attached hydrogen (secondary N) is 1. The topological polar surface area (TPSA) is 92.4 Å². The van der Waals surface area contributed by atoms with Gasteiger partial charge in [0, 0.05) is 12.1 Å². The quantitative estimate of drug-likeness (QED) is 0.627. The fourth-order valence-corrected chi connectivity index (χ4v) is 1.94. The number of benzene rings is 1. The van der Waals surface area contributed by atoms with Crippen molar-refractivity contribution in [3.8, 4) is 0 Å². The van der Waals surface area contributed by atoms with E-state index in [9.17, 15) is 9.59 Å². The van der Waals surface area contributed by atoms with E-state index in [1.165, 1.54) is 0 Å². The third kappa shape index (κ3) is 5.01. The summed E-state index contributed by atoms with van der Waals surface area (Å²) in [6.45, 7) is 2.65. The second-order valence-electron chi connectivity index (χ2n) is 4.83. The van der Waals surface area contributed by atoms with Gasteiger partial charge in [-0.25, -0.2) is 0 Å². The van der Waals surface area contributed by atoms with E-state index in [1.54, 1.807) is 13.0 Å². The van der Waals surface area contributed by atoms with E-state index < -0.39 is 5.97 Å². The first-order chi connectivity index (χ1) is 9.56. The molecule has 0 bridgehead atoms. The smallest absolute Gasteiger partial charge is 0.306 e. The molecule has 0 aliphatic heterocycles. The molecule has 1 atom stereocenters. The normalized spacial score (nSPS) is 11.9. The fraction of sp³-hybridized carbons (Fsp3) is 0.467. The third-order valence-electron chi connectivity index (χ3n) is 3.20. The van der Waals surface area contributed by atoms with Gasteiger partial charge in [-0.05, 0) is 37.4 Å². The highest BCUT2D eigenvalue weighted by Crippen LogP contribution is 2.09. The average Bonchev–Trinajstić information content (AvgIpc) is 2.44. The number of hydrogen-bond donors (Lipinski definition) is 3. The van der Waals surface area contributed by atoms with Gasteiger partial charge in [0.25, 0.3) is 5.91 Å². The maximum atomic E-state index is 12.1. The van der Waals surface area contributed by atoms with E-state index in [0.29, 0.717) is 37.9 Å². The second-order valence-corrected chi connectivity index (χ2v) is 4.83. The minimum atomic E-state index is -0.801. The van der Waals surface area contributed by atoms with Crippen LogP contribution in [0.3, 0.4) is 0 Å². The van der Waals surface area contributed by atoms with Gasteiger partial charge in [0.05, 0.1) is 5.92 Å². The van der Waals surface area contributed by atoms with Crippen molar-refractivity contribution in [2.45, 2.75) is 26.2 Å². The summed E-state index contributed by atoms with van der Waals surface area (Å²) in [4.78, 5) is 22.7. The number of hydrogen-bond acceptors (Lipinski definition) is 3. The van der Waals surface area contributed by atoms with Crippen LogP contribution in [0.25, 0.3) is 0 Å². The Morgan fingerprint density at radius 2 is 2.05 bits per heavy atom. The Bertz CT molecular complexity index is 460. The van der Waals surface area contributed by atoms with Crippen molar-refractivity contribution in [2.75, 3.05) is 13.1 Å². The lowest BCUT2D eigenvalue weighted by atomic mass is 10.0. The zero-order chi connectivity index (χ0) is 15.0. The number of nitrogens with two attached hydrogens (primary N) is 1. The molecule has 1 aromatic rings. The first-order valence-electron chi connectivity index (χ1n) is 6.85. The van der Waals surface area contributed by atoms with Gasteiger partial charge in [-0.1, -0.05) is 25.1 Å². The summed E-state index contributed by atoms with van der Waals surface area (Å²) in [5.41, 5.74) is 7.10. The van der Waals surface area contributed by atoms with Gasteiger partial charge in [-0.3, -0.25) is 9.59 Å². The highest BCUT2D eigenvalue weighted by Gasteiger charge is 2.12. The first-order valence-corrected chi connectivity index (χ1v) is 6.85. The molecule has 5 nitrogen and oxygen atoms in total. The van der Waals surface area contributed by atoms with Crippen LogP contribution < -0.4 is 11.1 Å². The van der Waals surface area contributed by atoms with Crippen molar-refractivity contribution in [1.29, 1.82) is 0 Å². The van der Waals surface area contributed by atoms with Crippen molar-refractivity contribution in [3.05, 3.63) is 35.4 Å². The summed E-state index contributed by atoms with van der Waals surface area (Å²) in [6.07, 6.45) is 1.87. The highest BCUT2D eigenvalue weighted by atomic mass is 16.4. The van der Waals surface area contributed by atoms with Crippen LogP contribution >= 0.6 is 0 Å². The number of carboxylic acids is 1. The maximum absolute atomic E-state index is 12.1. The molecule has 110 valence electrons. The van der Waals surface area contributed by atoms with Crippen molar-refractivity contribution in [3.63, 3.8) is 0 Å². The van der Waals surface area contributed by atoms with E-state index in [-0.39, 0.29) is 11.8 Å². The Morgan fingerprint density at radius 3 is 2.70 bits per heavy atom. The van der Waals surface area contributed by atoms with Crippen molar-refractivity contribution in [1.82, 2.24) is 5.32 Å². The van der Waals surface area contributed by atoms with Crippen LogP contribution in [0.5, 0.6) is 0 Å². The maximum Gasteiger partial charge on any atom is 0.306 e. The third-order valence-corrected chi connectivity index (χ3v) is 3.20. The predicted octanol–water partition coefficient (Wildman–Crippen LogP) is 1.42. The predicted molar refractivity (Wildman–Crippen MR) is 77.6 cm³/mol. The molecule has 1 aromatic carbocycles. The number of carboxylic acid groups (broad SMARTS) is 1. The standard InChI is InChI=1S/C15H22N2O3/c1-11(15(19)20)5-4-10-17-14(18)13-7-3-2-6-12(13)8-9-16/h2-3,6-7,11H,4-5,8-10,16H2,1H3,(H,17,18)(H,19,20). The second kappa shape index (κ2) is 8.32. The van der Waals surface area contributed by atoms with Gasteiger partial charge in [-0.2, -0.15) is 0 Å². The Morgan fingerprint density at radius 1 is 1.35 bits per heavy atom. The SMILES string of the molecule is CC(CCCNC(=O)c1ccccc1CCN)C(=O)O. The summed E-state index contributed by atoms with van der Waals surface area (Å²) >= 11 is 0. The molecule has 1 unspecified atom stereocenters. The summed E-state index contributed by atoms with van der Waals surface area (Å²) in [7, 11) is 0. The Hall–Kier alpha value is -1.88. The number of rotatable bonds is 8. The summed E-state index contributed by atoms with van der Waals surface area (Å²) < 4.78 is 0. The molecular formula is C15H22N2O3. The van der Waals surface area contributed by atoms with Gasteiger partial charge in [-0.15, -0.1) is 0 Å². The van der Waals surface area contributed by atoms with Gasteiger partial charge >= 0.3 is 5.97 Å². The number of aliphatic carboxylic acids is 1. The van der Waals surface area contributed by atoms with E-state index in [0.717, 1.165) is 5.56 Å². The van der Waals surface area contributed by atoms with Crippen molar-refractivity contribution >= 4 is 11.9 Å². The van der Waals surface area contributed by atoms with Crippen LogP contribution in [0.15, 0.2) is 24.3 Å². The molecule has 0 saturated carbocycles. The molecule has 1 amide bonds. The molecule has 1 rings (SSSR count). The molecule has 0 aromatic heterocycles. The van der Waals surface area contributed by atoms with Crippen LogP contribution in [-0.4, -0.2) is 30.1 Å². The van der Waals surface area contributed by atoms with E-state index in [1.807, 2.05) is 18.2 Å². The molecule has 0 fully saturated rings. The van der Waals surface area contributed by atoms with Gasteiger partial charge in [0.1, 0.15) is 0 Å². The zero-order valence-electron chi connectivity index (χ0n) is 11.8. The number of amides is 1. The monoisotopic (exact) mass is 278 g/mol. The van der Waals surface area contributed by atoms with Crippen LogP contribution in [0, 0.1) is 5.92 Å². The Labute approximate surface area is 119 Å². The molecule has 0 radical (unpaired) electrons. The largest absolute Gasteiger partial charge is 0.481 e. The summed E-state index contributed by atoms with van der Waals surface area (Å²) in [5.74, 6) is -1.31. The lowest BCUT2D eigenvalue weighted by molar-refractivity contribution is -0.141. The molecule has 20 heavy (non-hydrogen) atoms. The van der Waals surface area contributed by atoms with Crippen LogP contribution in [-0.2, 0) is 11.2 Å². The number of carbonyl (C=O) groups excluding carboxylic acids is 1. The van der Waals surface area contributed by atoms with Crippen molar-refractivity contribution in [2.24, 2.45) is 11.7 Å². The number of carbonyl (C=O) groups is 2. The fourth-order valence-electron chi connectivity index (χ4n) is 1.94. The summed E-state index contributed by atoms with van der Waals surface area (Å²) in [6, 6.07) is 7.38. The molecule has 0 heterocycles. The van der Waals surface area contributed by atoms with Crippen molar-refractivity contribution < 1.29 is 14.7 Å². The molecule has 0 aliphatic carbocycles. The van der Waals surface area contributed by atoms with Crippen LogP contribution in [0.2, 0.25) is 0 Å². The van der Waals surface area contributed by atoms with Crippen LogP contribution in [0.1, 0.15) is 35.7 Å². The average molecular weight is 278 g/mol. The van der Waals surface area contributed by atoms with E-state index in [4.69, 9.17) is 10.8 Å². The minimum absolute atomic E-state index is 0.128. The molecule has 4 N–H and O–H groups in total. The van der Waals surface area contributed by atoms with E-state index >= 15 is 0 Å². The Kier molecular flexibility index (Phi) is 6.73. The summed E-state index contributed by atoms with van der Waals surface area (Å²) in [5, 5.41) is 11.6. The van der Waals surface area contributed by atoms with E-state index in [2.05, 4.69) is 5.32 Å². The van der Waals surface area contributed by atoms with Gasteiger partial charge < -0.3 is 16.2 Å². The molecule has 0 aliphatic rings. The minimum Gasteiger partial charge on any atom is -0.481 e. The van der Waals surface area contributed by atoms with Gasteiger partial charge in [0.15, 0.2) is 0 Å². The Balaban J connectivity index is 2.45. The molecule has 0 spiro atoms. The molecule has 0 saturated heterocycles. The van der Waals surface area contributed by atoms with Gasteiger partial charge in [0.2, 0.25) is 0 Å². The lowest BCUT2D eigenvalue weighted by Gasteiger charge is -2.10. The van der Waals surface area contributed by atoms with Crippen LogP contribution in [0.4, 0.5) is 0 Å².